The maximum absolute atomic E-state index is 13.7. The first-order valence-corrected chi connectivity index (χ1v) is 5.23. The number of furan rings is 1. The Hall–Kier alpha value is -1.81. The molecule has 4 heteroatoms. The molecule has 2 aromatic rings. The van der Waals surface area contributed by atoms with Gasteiger partial charge in [-0.2, -0.15) is 0 Å². The summed E-state index contributed by atoms with van der Waals surface area (Å²) in [6.07, 6.45) is 2.48. The predicted molar refractivity (Wildman–Crippen MR) is 60.3 cm³/mol. The summed E-state index contributed by atoms with van der Waals surface area (Å²) in [5.41, 5.74) is 1.08. The summed E-state index contributed by atoms with van der Waals surface area (Å²) in [5, 5.41) is 9.91. The zero-order valence-electron chi connectivity index (χ0n) is 9.39. The van der Waals surface area contributed by atoms with Crippen LogP contribution >= 0.6 is 0 Å². The molecule has 1 aromatic heterocycles. The van der Waals surface area contributed by atoms with Crippen LogP contribution in [-0.4, -0.2) is 12.2 Å². The van der Waals surface area contributed by atoms with Gasteiger partial charge in [0, 0.05) is 18.1 Å². The lowest BCUT2D eigenvalue weighted by molar-refractivity contribution is 0.173. The van der Waals surface area contributed by atoms with Crippen LogP contribution in [0, 0.1) is 5.82 Å². The van der Waals surface area contributed by atoms with Crippen molar-refractivity contribution in [3.63, 3.8) is 0 Å². The summed E-state index contributed by atoms with van der Waals surface area (Å²) in [6, 6.07) is 6.15. The molecule has 17 heavy (non-hydrogen) atoms. The van der Waals surface area contributed by atoms with Gasteiger partial charge in [0.2, 0.25) is 0 Å². The van der Waals surface area contributed by atoms with Gasteiger partial charge in [-0.3, -0.25) is 0 Å². The minimum absolute atomic E-state index is 0.256. The van der Waals surface area contributed by atoms with Gasteiger partial charge >= 0.3 is 0 Å². The molecule has 0 amide bonds. The molecule has 0 saturated carbocycles. The monoisotopic (exact) mass is 236 g/mol. The summed E-state index contributed by atoms with van der Waals surface area (Å²) in [5.74, 6) is -0.0397. The van der Waals surface area contributed by atoms with Crippen molar-refractivity contribution < 1.29 is 18.7 Å². The van der Waals surface area contributed by atoms with E-state index in [0.29, 0.717) is 12.2 Å². The molecule has 1 heterocycles. The average Bonchev–Trinajstić information content (AvgIpc) is 2.81. The van der Waals surface area contributed by atoms with E-state index < -0.39 is 11.9 Å². The number of methoxy groups -OCH3 is 1. The van der Waals surface area contributed by atoms with E-state index >= 15 is 0 Å². The molecule has 1 N–H and O–H groups in total. The third-order valence-electron chi connectivity index (χ3n) is 2.58. The van der Waals surface area contributed by atoms with Gasteiger partial charge in [0.25, 0.3) is 0 Å². The SMILES string of the molecule is COc1ccc(C(O)Cc2ccoc2)c(F)c1. The number of hydrogen-bond acceptors (Lipinski definition) is 3. The Morgan fingerprint density at radius 3 is 2.82 bits per heavy atom. The highest BCUT2D eigenvalue weighted by Crippen LogP contribution is 2.24. The highest BCUT2D eigenvalue weighted by Gasteiger charge is 2.14. The third kappa shape index (κ3) is 2.65. The smallest absolute Gasteiger partial charge is 0.132 e. The molecule has 0 saturated heterocycles. The molecule has 0 bridgehead atoms. The van der Waals surface area contributed by atoms with Gasteiger partial charge in [-0.05, 0) is 23.8 Å². The Balaban J connectivity index is 2.16. The van der Waals surface area contributed by atoms with Crippen molar-refractivity contribution in [1.82, 2.24) is 0 Å². The lowest BCUT2D eigenvalue weighted by Gasteiger charge is -2.11. The second-order valence-electron chi connectivity index (χ2n) is 3.74. The summed E-state index contributed by atoms with van der Waals surface area (Å²) in [7, 11) is 1.47. The summed E-state index contributed by atoms with van der Waals surface area (Å²) in [6.45, 7) is 0. The van der Waals surface area contributed by atoms with Gasteiger partial charge in [-0.15, -0.1) is 0 Å². The van der Waals surface area contributed by atoms with Gasteiger partial charge in [0.05, 0.1) is 25.7 Å². The molecule has 0 fully saturated rings. The predicted octanol–water partition coefficient (Wildman–Crippen LogP) is 2.70. The molecule has 0 aliphatic rings. The van der Waals surface area contributed by atoms with Crippen molar-refractivity contribution >= 4 is 0 Å². The lowest BCUT2D eigenvalue weighted by atomic mass is 10.0. The van der Waals surface area contributed by atoms with Crippen LogP contribution in [0.5, 0.6) is 5.75 Å². The first kappa shape index (κ1) is 11.7. The molecule has 90 valence electrons. The second kappa shape index (κ2) is 5.01. The van der Waals surface area contributed by atoms with Crippen molar-refractivity contribution in [3.8, 4) is 5.75 Å². The van der Waals surface area contributed by atoms with Crippen molar-refractivity contribution in [3.05, 3.63) is 53.7 Å². The lowest BCUT2D eigenvalue weighted by Crippen LogP contribution is -2.04. The molecule has 2 rings (SSSR count). The first-order chi connectivity index (χ1) is 8.20. The largest absolute Gasteiger partial charge is 0.497 e. The zero-order chi connectivity index (χ0) is 12.3. The first-order valence-electron chi connectivity index (χ1n) is 5.23. The molecule has 1 unspecified atom stereocenters. The molecule has 0 radical (unpaired) electrons. The van der Waals surface area contributed by atoms with Crippen molar-refractivity contribution in [1.29, 1.82) is 0 Å². The zero-order valence-corrected chi connectivity index (χ0v) is 9.39. The van der Waals surface area contributed by atoms with E-state index in [-0.39, 0.29) is 5.56 Å². The standard InChI is InChI=1S/C13H13FO3/c1-16-10-2-3-11(12(14)7-10)13(15)6-9-4-5-17-8-9/h2-5,7-8,13,15H,6H2,1H3. The van der Waals surface area contributed by atoms with E-state index in [1.165, 1.54) is 31.8 Å². The van der Waals surface area contributed by atoms with Gasteiger partial charge in [-0.25, -0.2) is 4.39 Å². The fraction of sp³-hybridized carbons (Fsp3) is 0.231. The normalized spacial score (nSPS) is 12.4. The van der Waals surface area contributed by atoms with Gasteiger partial charge in [0.1, 0.15) is 11.6 Å². The van der Waals surface area contributed by atoms with Gasteiger partial charge in [0.15, 0.2) is 0 Å². The number of aliphatic hydroxyl groups is 1. The Morgan fingerprint density at radius 2 is 2.24 bits per heavy atom. The Morgan fingerprint density at radius 1 is 1.41 bits per heavy atom. The summed E-state index contributed by atoms with van der Waals surface area (Å²) in [4.78, 5) is 0. The maximum Gasteiger partial charge on any atom is 0.132 e. The van der Waals surface area contributed by atoms with Crippen molar-refractivity contribution in [2.24, 2.45) is 0 Å². The van der Waals surface area contributed by atoms with Crippen LogP contribution in [0.25, 0.3) is 0 Å². The molecular formula is C13H13FO3. The Labute approximate surface area is 98.5 Å². The van der Waals surface area contributed by atoms with Crippen molar-refractivity contribution in [2.75, 3.05) is 7.11 Å². The fourth-order valence-electron chi connectivity index (χ4n) is 1.65. The molecule has 3 nitrogen and oxygen atoms in total. The number of ether oxygens (including phenoxy) is 1. The maximum atomic E-state index is 13.7. The topological polar surface area (TPSA) is 42.6 Å². The Bertz CT molecular complexity index is 479. The molecule has 0 spiro atoms. The van der Waals surface area contributed by atoms with Crippen LogP contribution in [0.4, 0.5) is 4.39 Å². The van der Waals surface area contributed by atoms with Crippen LogP contribution in [0.2, 0.25) is 0 Å². The van der Waals surface area contributed by atoms with E-state index in [0.717, 1.165) is 5.56 Å². The fourth-order valence-corrected chi connectivity index (χ4v) is 1.65. The quantitative estimate of drug-likeness (QED) is 0.887. The average molecular weight is 236 g/mol. The minimum Gasteiger partial charge on any atom is -0.497 e. The van der Waals surface area contributed by atoms with E-state index in [1.807, 2.05) is 0 Å². The van der Waals surface area contributed by atoms with Gasteiger partial charge in [-0.1, -0.05) is 0 Å². The molecule has 0 aliphatic carbocycles. The number of rotatable bonds is 4. The van der Waals surface area contributed by atoms with Crippen LogP contribution in [-0.2, 0) is 6.42 Å². The van der Waals surface area contributed by atoms with E-state index in [2.05, 4.69) is 0 Å². The molecule has 0 aliphatic heterocycles. The van der Waals surface area contributed by atoms with Crippen LogP contribution in [0.15, 0.2) is 41.2 Å². The Kier molecular flexibility index (Phi) is 3.44. The van der Waals surface area contributed by atoms with E-state index in [4.69, 9.17) is 9.15 Å². The van der Waals surface area contributed by atoms with E-state index in [1.54, 1.807) is 12.1 Å². The van der Waals surface area contributed by atoms with E-state index in [9.17, 15) is 9.50 Å². The summed E-state index contributed by atoms with van der Waals surface area (Å²) >= 11 is 0. The molecular weight excluding hydrogens is 223 g/mol. The second-order valence-corrected chi connectivity index (χ2v) is 3.74. The number of hydrogen-bond donors (Lipinski definition) is 1. The van der Waals surface area contributed by atoms with Crippen LogP contribution in [0.1, 0.15) is 17.2 Å². The summed E-state index contributed by atoms with van der Waals surface area (Å²) < 4.78 is 23.4. The van der Waals surface area contributed by atoms with Gasteiger partial charge < -0.3 is 14.3 Å². The third-order valence-corrected chi connectivity index (χ3v) is 2.58. The number of aliphatic hydroxyl groups excluding tert-OH is 1. The minimum atomic E-state index is -0.890. The van der Waals surface area contributed by atoms with Crippen LogP contribution < -0.4 is 4.74 Å². The van der Waals surface area contributed by atoms with Crippen molar-refractivity contribution in [2.45, 2.75) is 12.5 Å². The molecule has 1 aromatic carbocycles. The number of benzene rings is 1. The highest BCUT2D eigenvalue weighted by atomic mass is 19.1. The highest BCUT2D eigenvalue weighted by molar-refractivity contribution is 5.30. The molecule has 1 atom stereocenters. The van der Waals surface area contributed by atoms with Crippen LogP contribution in [0.3, 0.4) is 0 Å². The number of halogens is 1.